The lowest BCUT2D eigenvalue weighted by atomic mass is 10.2. The molecule has 3 aromatic rings. The highest BCUT2D eigenvalue weighted by Gasteiger charge is 2.16. The number of ether oxygens (including phenoxy) is 1. The molecule has 7 nitrogen and oxygen atoms in total. The van der Waals surface area contributed by atoms with Crippen LogP contribution in [0.15, 0.2) is 52.1 Å². The number of nitrogens with zero attached hydrogens (tertiary/aromatic N) is 2. The van der Waals surface area contributed by atoms with Crippen LogP contribution in [0.1, 0.15) is 10.4 Å². The fourth-order valence-corrected chi connectivity index (χ4v) is 3.29. The Morgan fingerprint density at radius 3 is 2.71 bits per heavy atom. The fourth-order valence-electron chi connectivity index (χ4n) is 2.23. The molecule has 28 heavy (non-hydrogen) atoms. The quantitative estimate of drug-likeness (QED) is 0.445. The maximum absolute atomic E-state index is 12.2. The van der Waals surface area contributed by atoms with Gasteiger partial charge in [-0.3, -0.25) is 4.79 Å². The van der Waals surface area contributed by atoms with Gasteiger partial charge in [-0.2, -0.15) is 0 Å². The second-order valence-corrected chi connectivity index (χ2v) is 7.14. The maximum atomic E-state index is 12.2. The zero-order chi connectivity index (χ0) is 20.1. The number of benzene rings is 2. The molecule has 0 aliphatic rings. The lowest BCUT2D eigenvalue weighted by Crippen LogP contribution is -2.17. The van der Waals surface area contributed by atoms with Gasteiger partial charge in [-0.05, 0) is 30.3 Å². The van der Waals surface area contributed by atoms with Gasteiger partial charge in [0.05, 0.1) is 34.7 Å². The molecule has 0 radical (unpaired) electrons. The largest absolute Gasteiger partial charge is 0.465 e. The average Bonchev–Trinajstić information content (AvgIpc) is 3.15. The summed E-state index contributed by atoms with van der Waals surface area (Å²) in [6.45, 7) is 0. The zero-order valence-electron chi connectivity index (χ0n) is 14.4. The molecule has 0 unspecified atom stereocenters. The minimum atomic E-state index is -0.537. The van der Waals surface area contributed by atoms with Crippen molar-refractivity contribution in [2.45, 2.75) is 5.22 Å². The summed E-state index contributed by atoms with van der Waals surface area (Å²) in [6, 6.07) is 11.5. The standard InChI is InChI=1S/C18H13Cl2N3O4S/c1-26-17(25)12-4-2-3-5-14(12)21-15(24)9-28-18-23-22-16(27-18)11-7-6-10(19)8-13(11)20/h2-8H,9H2,1H3,(H,21,24). The van der Waals surface area contributed by atoms with E-state index in [-0.39, 0.29) is 28.3 Å². The van der Waals surface area contributed by atoms with Crippen molar-refractivity contribution in [3.63, 3.8) is 0 Å². The molecule has 1 aromatic heterocycles. The molecule has 0 saturated heterocycles. The predicted molar refractivity (Wildman–Crippen MR) is 107 cm³/mol. The molecule has 10 heteroatoms. The monoisotopic (exact) mass is 437 g/mol. The van der Waals surface area contributed by atoms with Crippen LogP contribution in [0.25, 0.3) is 11.5 Å². The number of thioether (sulfide) groups is 1. The van der Waals surface area contributed by atoms with Gasteiger partial charge in [0.2, 0.25) is 11.8 Å². The van der Waals surface area contributed by atoms with Crippen LogP contribution in [-0.2, 0) is 9.53 Å². The smallest absolute Gasteiger partial charge is 0.339 e. The van der Waals surface area contributed by atoms with Crippen LogP contribution in [0.4, 0.5) is 5.69 Å². The number of aromatic nitrogens is 2. The number of amides is 1. The van der Waals surface area contributed by atoms with E-state index in [0.717, 1.165) is 11.8 Å². The number of carbonyl (C=O) groups is 2. The minimum absolute atomic E-state index is 0.00545. The summed E-state index contributed by atoms with van der Waals surface area (Å²) in [5, 5.41) is 11.6. The normalized spacial score (nSPS) is 10.5. The van der Waals surface area contributed by atoms with E-state index in [9.17, 15) is 9.59 Å². The average molecular weight is 438 g/mol. The van der Waals surface area contributed by atoms with Crippen molar-refractivity contribution >= 4 is 52.5 Å². The molecule has 0 aliphatic heterocycles. The molecular weight excluding hydrogens is 425 g/mol. The van der Waals surface area contributed by atoms with E-state index in [0.29, 0.717) is 21.3 Å². The number of carbonyl (C=O) groups excluding carboxylic acids is 2. The van der Waals surface area contributed by atoms with Gasteiger partial charge in [0.25, 0.3) is 5.22 Å². The second kappa shape index (κ2) is 9.09. The first kappa shape index (κ1) is 20.2. The molecule has 2 aromatic carbocycles. The minimum Gasteiger partial charge on any atom is -0.465 e. The first-order chi connectivity index (χ1) is 13.5. The van der Waals surface area contributed by atoms with E-state index in [2.05, 4.69) is 15.5 Å². The van der Waals surface area contributed by atoms with E-state index in [1.54, 1.807) is 42.5 Å². The first-order valence-electron chi connectivity index (χ1n) is 7.87. The highest BCUT2D eigenvalue weighted by molar-refractivity contribution is 7.99. The molecule has 3 rings (SSSR count). The molecular formula is C18H13Cl2N3O4S. The lowest BCUT2D eigenvalue weighted by Gasteiger charge is -2.08. The first-order valence-corrected chi connectivity index (χ1v) is 9.61. The number of para-hydroxylation sites is 1. The van der Waals surface area contributed by atoms with Gasteiger partial charge in [0.15, 0.2) is 0 Å². The van der Waals surface area contributed by atoms with Crippen molar-refractivity contribution in [2.75, 3.05) is 18.2 Å². The summed E-state index contributed by atoms with van der Waals surface area (Å²) in [4.78, 5) is 24.0. The van der Waals surface area contributed by atoms with Gasteiger partial charge in [-0.1, -0.05) is 47.1 Å². The van der Waals surface area contributed by atoms with Crippen molar-refractivity contribution in [3.8, 4) is 11.5 Å². The zero-order valence-corrected chi connectivity index (χ0v) is 16.8. The van der Waals surface area contributed by atoms with Crippen molar-refractivity contribution in [1.29, 1.82) is 0 Å². The molecule has 0 atom stereocenters. The Morgan fingerprint density at radius 2 is 1.96 bits per heavy atom. The van der Waals surface area contributed by atoms with Crippen molar-refractivity contribution in [1.82, 2.24) is 10.2 Å². The molecule has 0 saturated carbocycles. The van der Waals surface area contributed by atoms with Gasteiger partial charge < -0.3 is 14.5 Å². The van der Waals surface area contributed by atoms with Crippen LogP contribution in [0.5, 0.6) is 0 Å². The third-order valence-electron chi connectivity index (χ3n) is 3.50. The summed E-state index contributed by atoms with van der Waals surface area (Å²) >= 11 is 13.0. The molecule has 1 heterocycles. The van der Waals surface area contributed by atoms with Crippen LogP contribution in [0, 0.1) is 0 Å². The number of esters is 1. The van der Waals surface area contributed by atoms with Gasteiger partial charge in [-0.15, -0.1) is 10.2 Å². The number of rotatable bonds is 6. The summed E-state index contributed by atoms with van der Waals surface area (Å²) in [7, 11) is 1.27. The highest BCUT2D eigenvalue weighted by atomic mass is 35.5. The summed E-state index contributed by atoms with van der Waals surface area (Å²) in [5.41, 5.74) is 1.17. The van der Waals surface area contributed by atoms with E-state index >= 15 is 0 Å². The van der Waals surface area contributed by atoms with Crippen molar-refractivity contribution < 1.29 is 18.7 Å². The van der Waals surface area contributed by atoms with Crippen LogP contribution >= 0.6 is 35.0 Å². The van der Waals surface area contributed by atoms with Gasteiger partial charge in [0, 0.05) is 5.02 Å². The predicted octanol–water partition coefficient (Wildman–Crippen LogP) is 4.56. The Hall–Kier alpha value is -2.55. The Bertz CT molecular complexity index is 1030. The number of halogens is 2. The third-order valence-corrected chi connectivity index (χ3v) is 4.87. The van der Waals surface area contributed by atoms with Crippen LogP contribution in [-0.4, -0.2) is 34.9 Å². The van der Waals surface area contributed by atoms with Crippen molar-refractivity contribution in [3.05, 3.63) is 58.1 Å². The molecule has 1 N–H and O–H groups in total. The SMILES string of the molecule is COC(=O)c1ccccc1NC(=O)CSc1nnc(-c2ccc(Cl)cc2Cl)o1. The number of hydrogen-bond donors (Lipinski definition) is 1. The van der Waals surface area contributed by atoms with E-state index in [4.69, 9.17) is 32.4 Å². The van der Waals surface area contributed by atoms with Gasteiger partial charge in [0.1, 0.15) is 0 Å². The molecule has 144 valence electrons. The summed E-state index contributed by atoms with van der Waals surface area (Å²) < 4.78 is 10.2. The van der Waals surface area contributed by atoms with E-state index in [1.807, 2.05) is 0 Å². The Morgan fingerprint density at radius 1 is 1.18 bits per heavy atom. The van der Waals surface area contributed by atoms with Gasteiger partial charge in [-0.25, -0.2) is 4.79 Å². The number of methoxy groups -OCH3 is 1. The van der Waals surface area contributed by atoms with E-state index in [1.165, 1.54) is 7.11 Å². The second-order valence-electron chi connectivity index (χ2n) is 5.37. The summed E-state index contributed by atoms with van der Waals surface area (Å²) in [5.74, 6) is -0.651. The lowest BCUT2D eigenvalue weighted by molar-refractivity contribution is -0.113. The van der Waals surface area contributed by atoms with Crippen molar-refractivity contribution in [2.24, 2.45) is 0 Å². The Balaban J connectivity index is 1.63. The van der Waals surface area contributed by atoms with E-state index < -0.39 is 5.97 Å². The molecule has 0 bridgehead atoms. The van der Waals surface area contributed by atoms with Crippen LogP contribution in [0.3, 0.4) is 0 Å². The van der Waals surface area contributed by atoms with Crippen LogP contribution < -0.4 is 5.32 Å². The molecule has 0 spiro atoms. The van der Waals surface area contributed by atoms with Gasteiger partial charge >= 0.3 is 5.97 Å². The summed E-state index contributed by atoms with van der Waals surface area (Å²) in [6.07, 6.45) is 0. The number of anilines is 1. The Labute approximate surface area is 174 Å². The molecule has 1 amide bonds. The van der Waals surface area contributed by atoms with Crippen LogP contribution in [0.2, 0.25) is 10.0 Å². The fraction of sp³-hybridized carbons (Fsp3) is 0.111. The Kier molecular flexibility index (Phi) is 6.56. The molecule has 0 fully saturated rings. The highest BCUT2D eigenvalue weighted by Crippen LogP contribution is 2.31. The third kappa shape index (κ3) is 4.83. The maximum Gasteiger partial charge on any atom is 0.339 e. The number of hydrogen-bond acceptors (Lipinski definition) is 7. The topological polar surface area (TPSA) is 94.3 Å². The number of nitrogens with one attached hydrogen (secondary N) is 1. The molecule has 0 aliphatic carbocycles.